The molecule has 3 rings (SSSR count). The first-order chi connectivity index (χ1) is 9.96. The Balaban J connectivity index is 2.32. The molecule has 0 radical (unpaired) electrons. The summed E-state index contributed by atoms with van der Waals surface area (Å²) < 4.78 is 4.92. The number of halogens is 1. The van der Waals surface area contributed by atoms with Crippen molar-refractivity contribution in [2.75, 3.05) is 7.11 Å². The molecule has 1 saturated carbocycles. The molecule has 0 heterocycles. The predicted octanol–water partition coefficient (Wildman–Crippen LogP) is 2.87. The normalized spacial score (nSPS) is 39.0. The zero-order chi connectivity index (χ0) is 16.9. The van der Waals surface area contributed by atoms with Crippen LogP contribution in [-0.2, 0) is 14.3 Å². The lowest BCUT2D eigenvalue weighted by atomic mass is 9.49. The van der Waals surface area contributed by atoms with E-state index in [-0.39, 0.29) is 22.5 Å². The van der Waals surface area contributed by atoms with E-state index in [9.17, 15) is 14.7 Å². The van der Waals surface area contributed by atoms with Crippen molar-refractivity contribution < 1.29 is 19.4 Å². The second-order valence-corrected chi connectivity index (χ2v) is 8.79. The second-order valence-electron chi connectivity index (χ2n) is 7.69. The summed E-state index contributed by atoms with van der Waals surface area (Å²) in [5.74, 6) is -0.707. The molecule has 0 saturated heterocycles. The van der Waals surface area contributed by atoms with Gasteiger partial charge in [-0.2, -0.15) is 0 Å². The predicted molar refractivity (Wildman–Crippen MR) is 87.6 cm³/mol. The number of hydrogen-bond donors (Lipinski definition) is 1. The number of fused-ring (bicyclic) bond motifs is 2. The Morgan fingerprint density at radius 2 is 2.09 bits per heavy atom. The minimum atomic E-state index is -0.907. The van der Waals surface area contributed by atoms with Crippen LogP contribution in [0.4, 0.5) is 0 Å². The number of rotatable bonds is 4. The molecule has 22 heavy (non-hydrogen) atoms. The van der Waals surface area contributed by atoms with Crippen LogP contribution in [0.15, 0.2) is 12.2 Å². The maximum Gasteiger partial charge on any atom is 0.312 e. The summed E-state index contributed by atoms with van der Waals surface area (Å²) in [7, 11) is 1.37. The lowest BCUT2D eigenvalue weighted by Gasteiger charge is -2.53. The van der Waals surface area contributed by atoms with Crippen molar-refractivity contribution >= 4 is 27.7 Å². The van der Waals surface area contributed by atoms with Gasteiger partial charge < -0.3 is 9.84 Å². The molecule has 124 valence electrons. The maximum atomic E-state index is 13.0. The van der Waals surface area contributed by atoms with Crippen LogP contribution in [-0.4, -0.2) is 34.4 Å². The number of Topliss-reactive ketones (excluding diaryl/α,β-unsaturated/α-hetero) is 1. The van der Waals surface area contributed by atoms with E-state index in [1.54, 1.807) is 13.8 Å². The monoisotopic (exact) mass is 372 g/mol. The summed E-state index contributed by atoms with van der Waals surface area (Å²) in [5, 5.41) is 10.2. The number of ketones is 1. The van der Waals surface area contributed by atoms with E-state index in [0.717, 1.165) is 0 Å². The van der Waals surface area contributed by atoms with Crippen molar-refractivity contribution in [1.82, 2.24) is 0 Å². The fourth-order valence-electron chi connectivity index (χ4n) is 3.78. The minimum Gasteiger partial charge on any atom is -0.469 e. The van der Waals surface area contributed by atoms with Crippen LogP contribution >= 0.6 is 15.9 Å². The van der Waals surface area contributed by atoms with Crippen molar-refractivity contribution in [2.45, 2.75) is 51.0 Å². The third-order valence-electron chi connectivity index (χ3n) is 5.55. The SMILES string of the molecule is COC(=O)[C@@]1(C)C[C@H]2C=C[C@@H]1C(=O)[C@]2(C)CC(Br)C(C)(C)O. The highest BCUT2D eigenvalue weighted by atomic mass is 79.9. The first-order valence-electron chi connectivity index (χ1n) is 7.64. The number of alkyl halides is 1. The Labute approximate surface area is 140 Å². The van der Waals surface area contributed by atoms with E-state index >= 15 is 0 Å². The van der Waals surface area contributed by atoms with Gasteiger partial charge in [-0.05, 0) is 39.5 Å². The summed E-state index contributed by atoms with van der Waals surface area (Å²) in [4.78, 5) is 25.0. The first kappa shape index (κ1) is 17.7. The largest absolute Gasteiger partial charge is 0.469 e. The van der Waals surface area contributed by atoms with Crippen molar-refractivity contribution in [3.63, 3.8) is 0 Å². The fraction of sp³-hybridized carbons (Fsp3) is 0.765. The van der Waals surface area contributed by atoms with Crippen LogP contribution in [0.25, 0.3) is 0 Å². The highest BCUT2D eigenvalue weighted by Gasteiger charge is 2.61. The molecule has 0 aliphatic heterocycles. The van der Waals surface area contributed by atoms with Gasteiger partial charge in [0.15, 0.2) is 0 Å². The first-order valence-corrected chi connectivity index (χ1v) is 8.56. The molecule has 0 aromatic rings. The summed E-state index contributed by atoms with van der Waals surface area (Å²) in [5.41, 5.74) is -2.25. The van der Waals surface area contributed by atoms with E-state index in [0.29, 0.717) is 12.8 Å². The van der Waals surface area contributed by atoms with Gasteiger partial charge in [-0.25, -0.2) is 0 Å². The van der Waals surface area contributed by atoms with Gasteiger partial charge >= 0.3 is 5.97 Å². The Hall–Kier alpha value is -0.680. The number of allylic oxidation sites excluding steroid dienone is 2. The van der Waals surface area contributed by atoms with Gasteiger partial charge in [0, 0.05) is 10.2 Å². The molecule has 5 atom stereocenters. The summed E-state index contributed by atoms with van der Waals surface area (Å²) in [6.07, 6.45) is 5.07. The van der Waals surface area contributed by atoms with Gasteiger partial charge in [0.2, 0.25) is 0 Å². The Kier molecular flexibility index (Phi) is 4.37. The number of aliphatic hydroxyl groups is 1. The van der Waals surface area contributed by atoms with Gasteiger partial charge in [0.05, 0.1) is 24.0 Å². The molecular formula is C17H25BrO4. The molecule has 3 aliphatic rings. The van der Waals surface area contributed by atoms with Crippen LogP contribution < -0.4 is 0 Å². The van der Waals surface area contributed by atoms with E-state index in [1.807, 2.05) is 19.9 Å². The molecule has 1 unspecified atom stereocenters. The number of ether oxygens (including phenoxy) is 1. The highest BCUT2D eigenvalue weighted by molar-refractivity contribution is 9.09. The number of carbonyl (C=O) groups is 2. The minimum absolute atomic E-state index is 0.0171. The number of carbonyl (C=O) groups excluding carboxylic acids is 2. The third kappa shape index (κ3) is 2.56. The summed E-state index contributed by atoms with van der Waals surface area (Å²) >= 11 is 3.52. The molecule has 1 N–H and O–H groups in total. The fourth-order valence-corrected chi connectivity index (χ4v) is 4.45. The van der Waals surface area contributed by atoms with Crippen molar-refractivity contribution in [2.24, 2.45) is 22.7 Å². The van der Waals surface area contributed by atoms with Crippen molar-refractivity contribution in [3.8, 4) is 0 Å². The van der Waals surface area contributed by atoms with Gasteiger partial charge in [0.25, 0.3) is 0 Å². The highest BCUT2D eigenvalue weighted by Crippen LogP contribution is 2.57. The molecule has 2 bridgehead atoms. The number of hydrogen-bond acceptors (Lipinski definition) is 4. The Bertz CT molecular complexity index is 521. The smallest absolute Gasteiger partial charge is 0.312 e. The number of methoxy groups -OCH3 is 1. The van der Waals surface area contributed by atoms with Crippen molar-refractivity contribution in [3.05, 3.63) is 12.2 Å². The molecule has 1 fully saturated rings. The van der Waals surface area contributed by atoms with Crippen molar-refractivity contribution in [1.29, 1.82) is 0 Å². The van der Waals surface area contributed by atoms with Crippen LogP contribution in [0, 0.1) is 22.7 Å². The second kappa shape index (κ2) is 5.45. The molecule has 0 aromatic heterocycles. The molecule has 0 amide bonds. The van der Waals surface area contributed by atoms with Crippen LogP contribution in [0.5, 0.6) is 0 Å². The zero-order valence-electron chi connectivity index (χ0n) is 13.9. The van der Waals surface area contributed by atoms with E-state index in [4.69, 9.17) is 4.74 Å². The topological polar surface area (TPSA) is 63.6 Å². The Morgan fingerprint density at radius 3 is 2.55 bits per heavy atom. The molecular weight excluding hydrogens is 348 g/mol. The average molecular weight is 373 g/mol. The Morgan fingerprint density at radius 1 is 1.50 bits per heavy atom. The molecule has 3 aliphatic carbocycles. The molecule has 0 spiro atoms. The van der Waals surface area contributed by atoms with Crippen LogP contribution in [0.2, 0.25) is 0 Å². The zero-order valence-corrected chi connectivity index (χ0v) is 15.4. The molecule has 4 nitrogen and oxygen atoms in total. The molecule has 0 aromatic carbocycles. The van der Waals surface area contributed by atoms with E-state index in [1.165, 1.54) is 7.11 Å². The lowest BCUT2D eigenvalue weighted by Crippen LogP contribution is -2.58. The van der Waals surface area contributed by atoms with Crippen LogP contribution in [0.1, 0.15) is 40.5 Å². The number of esters is 1. The van der Waals surface area contributed by atoms with Gasteiger partial charge in [-0.15, -0.1) is 0 Å². The maximum absolute atomic E-state index is 13.0. The summed E-state index contributed by atoms with van der Waals surface area (Å²) in [6, 6.07) is 0. The third-order valence-corrected chi connectivity index (χ3v) is 7.00. The van der Waals surface area contributed by atoms with Gasteiger partial charge in [-0.1, -0.05) is 35.0 Å². The van der Waals surface area contributed by atoms with Crippen LogP contribution in [0.3, 0.4) is 0 Å². The molecule has 5 heteroatoms. The van der Waals surface area contributed by atoms with E-state index < -0.39 is 22.3 Å². The average Bonchev–Trinajstić information content (AvgIpc) is 2.42. The van der Waals surface area contributed by atoms with E-state index in [2.05, 4.69) is 22.0 Å². The lowest BCUT2D eigenvalue weighted by molar-refractivity contribution is -0.168. The quantitative estimate of drug-likeness (QED) is 0.468. The van der Waals surface area contributed by atoms with Gasteiger partial charge in [0.1, 0.15) is 5.78 Å². The summed E-state index contributed by atoms with van der Waals surface area (Å²) in [6.45, 7) is 7.23. The standard InChI is InChI=1S/C17H25BrO4/c1-15(2,21)12(18)9-16(3)10-6-7-11(13(16)19)17(4,8-10)14(20)22-5/h6-7,10-12,21H,8-9H2,1-5H3/t10-,11-,12?,16-,17+/m1/s1. The van der Waals surface area contributed by atoms with Gasteiger partial charge in [-0.3, -0.25) is 9.59 Å².